The zero-order chi connectivity index (χ0) is 17.8. The van der Waals surface area contributed by atoms with E-state index in [0.29, 0.717) is 11.9 Å². The number of amides is 1. The second-order valence-electron chi connectivity index (χ2n) is 9.38. The van der Waals surface area contributed by atoms with Crippen molar-refractivity contribution < 1.29 is 4.79 Å². The van der Waals surface area contributed by atoms with Crippen LogP contribution >= 0.6 is 0 Å². The predicted octanol–water partition coefficient (Wildman–Crippen LogP) is 3.37. The number of likely N-dealkylation sites (tertiary alicyclic amines) is 1. The maximum atomic E-state index is 12.5. The molecule has 4 fully saturated rings. The van der Waals surface area contributed by atoms with Gasteiger partial charge in [-0.25, -0.2) is 0 Å². The average Bonchev–Trinajstić information content (AvgIpc) is 2.69. The van der Waals surface area contributed by atoms with Gasteiger partial charge in [0.05, 0.1) is 0 Å². The van der Waals surface area contributed by atoms with Crippen LogP contribution < -0.4 is 0 Å². The smallest absolute Gasteiger partial charge is 0.222 e. The molecule has 4 nitrogen and oxygen atoms in total. The van der Waals surface area contributed by atoms with Gasteiger partial charge in [0, 0.05) is 58.3 Å². The second kappa shape index (κ2) is 9.05. The quantitative estimate of drug-likeness (QED) is 0.751. The molecule has 148 valence electrons. The lowest BCUT2D eigenvalue weighted by molar-refractivity contribution is -0.140. The van der Waals surface area contributed by atoms with Crippen molar-refractivity contribution in [2.75, 3.05) is 45.8 Å². The Labute approximate surface area is 160 Å². The summed E-state index contributed by atoms with van der Waals surface area (Å²) in [6, 6.07) is 0.567. The summed E-state index contributed by atoms with van der Waals surface area (Å²) in [5.74, 6) is 2.20. The molecule has 0 N–H and O–H groups in total. The van der Waals surface area contributed by atoms with Gasteiger partial charge in [0.2, 0.25) is 5.91 Å². The van der Waals surface area contributed by atoms with E-state index < -0.39 is 0 Å². The summed E-state index contributed by atoms with van der Waals surface area (Å²) < 4.78 is 0. The fourth-order valence-corrected chi connectivity index (χ4v) is 6.04. The Morgan fingerprint density at radius 1 is 0.731 bits per heavy atom. The fraction of sp³-hybridized carbons (Fsp3) is 0.955. The lowest BCUT2D eigenvalue weighted by atomic mass is 9.78. The summed E-state index contributed by atoms with van der Waals surface area (Å²) in [7, 11) is 0. The van der Waals surface area contributed by atoms with Gasteiger partial charge in [0.25, 0.3) is 0 Å². The van der Waals surface area contributed by atoms with E-state index in [0.717, 1.165) is 37.8 Å². The Kier molecular flexibility index (Phi) is 6.53. The average molecular weight is 362 g/mol. The van der Waals surface area contributed by atoms with Gasteiger partial charge in [-0.1, -0.05) is 32.1 Å². The Hall–Kier alpha value is -0.610. The molecule has 2 unspecified atom stereocenters. The number of carbonyl (C=O) groups excluding carboxylic acids is 1. The molecular formula is C22H39N3O. The van der Waals surface area contributed by atoms with E-state index in [1.165, 1.54) is 90.5 Å². The molecule has 2 aliphatic heterocycles. The number of fused-ring (bicyclic) bond motifs is 1. The number of hydrogen-bond acceptors (Lipinski definition) is 3. The minimum atomic E-state index is 0.434. The third kappa shape index (κ3) is 4.62. The number of carbonyl (C=O) groups is 1. The lowest BCUT2D eigenvalue weighted by Crippen LogP contribution is -2.54. The molecule has 0 spiro atoms. The van der Waals surface area contributed by atoms with Gasteiger partial charge in [0.1, 0.15) is 0 Å². The van der Waals surface area contributed by atoms with E-state index in [-0.39, 0.29) is 0 Å². The van der Waals surface area contributed by atoms with Crippen molar-refractivity contribution in [1.82, 2.24) is 14.7 Å². The van der Waals surface area contributed by atoms with E-state index in [9.17, 15) is 4.79 Å². The van der Waals surface area contributed by atoms with Gasteiger partial charge in [-0.15, -0.1) is 0 Å². The molecule has 4 rings (SSSR count). The summed E-state index contributed by atoms with van der Waals surface area (Å²) >= 11 is 0. The zero-order valence-electron chi connectivity index (χ0n) is 16.7. The van der Waals surface area contributed by atoms with Crippen molar-refractivity contribution >= 4 is 5.91 Å². The summed E-state index contributed by atoms with van der Waals surface area (Å²) in [6.45, 7) is 8.26. The van der Waals surface area contributed by atoms with Crippen molar-refractivity contribution in [2.45, 2.75) is 76.7 Å². The number of piperazine rings is 1. The number of hydrogen-bond donors (Lipinski definition) is 0. The highest BCUT2D eigenvalue weighted by Crippen LogP contribution is 2.35. The van der Waals surface area contributed by atoms with Crippen molar-refractivity contribution in [3.63, 3.8) is 0 Å². The van der Waals surface area contributed by atoms with Crippen LogP contribution in [-0.4, -0.2) is 72.5 Å². The van der Waals surface area contributed by atoms with Gasteiger partial charge >= 0.3 is 0 Å². The van der Waals surface area contributed by atoms with E-state index in [4.69, 9.17) is 0 Å². The molecule has 2 saturated carbocycles. The van der Waals surface area contributed by atoms with Crippen molar-refractivity contribution in [2.24, 2.45) is 11.8 Å². The minimum absolute atomic E-state index is 0.434. The first-order chi connectivity index (χ1) is 12.8. The standard InChI is InChI=1S/C22H39N3O/c26-22-11-10-20-8-4-5-9-21(20)25(22)17-16-23-12-14-24(15-13-23)18-19-6-2-1-3-7-19/h19-21H,1-18H2. The second-order valence-corrected chi connectivity index (χ2v) is 9.38. The molecule has 0 aromatic carbocycles. The van der Waals surface area contributed by atoms with Crippen LogP contribution in [0.3, 0.4) is 0 Å². The first kappa shape index (κ1) is 18.7. The van der Waals surface area contributed by atoms with Crippen LogP contribution in [0.15, 0.2) is 0 Å². The predicted molar refractivity (Wildman–Crippen MR) is 106 cm³/mol. The first-order valence-electron chi connectivity index (χ1n) is 11.5. The van der Waals surface area contributed by atoms with Crippen molar-refractivity contribution in [3.8, 4) is 0 Å². The van der Waals surface area contributed by atoms with Crippen LogP contribution in [0.1, 0.15) is 70.6 Å². The maximum absolute atomic E-state index is 12.5. The summed E-state index contributed by atoms with van der Waals surface area (Å²) in [5, 5.41) is 0. The molecule has 26 heavy (non-hydrogen) atoms. The lowest BCUT2D eigenvalue weighted by Gasteiger charge is -2.45. The van der Waals surface area contributed by atoms with Gasteiger partial charge in [0.15, 0.2) is 0 Å². The highest BCUT2D eigenvalue weighted by molar-refractivity contribution is 5.77. The van der Waals surface area contributed by atoms with Crippen molar-refractivity contribution in [3.05, 3.63) is 0 Å². The van der Waals surface area contributed by atoms with E-state index in [2.05, 4.69) is 14.7 Å². The normalized spacial score (nSPS) is 32.6. The van der Waals surface area contributed by atoms with Crippen LogP contribution in [0.4, 0.5) is 0 Å². The molecular weight excluding hydrogens is 322 g/mol. The van der Waals surface area contributed by atoms with Crippen molar-refractivity contribution in [1.29, 1.82) is 0 Å². The molecule has 0 aromatic heterocycles. The number of piperidine rings is 1. The summed E-state index contributed by atoms with van der Waals surface area (Å²) in [5.41, 5.74) is 0. The number of rotatable bonds is 5. The zero-order valence-corrected chi connectivity index (χ0v) is 16.7. The van der Waals surface area contributed by atoms with Crippen LogP contribution in [0, 0.1) is 11.8 Å². The number of nitrogens with zero attached hydrogens (tertiary/aromatic N) is 3. The monoisotopic (exact) mass is 361 g/mol. The molecule has 2 saturated heterocycles. The van der Waals surface area contributed by atoms with E-state index >= 15 is 0 Å². The van der Waals surface area contributed by atoms with Crippen LogP contribution in [-0.2, 0) is 4.79 Å². The molecule has 4 heteroatoms. The summed E-state index contributed by atoms with van der Waals surface area (Å²) in [6.07, 6.45) is 14.6. The van der Waals surface area contributed by atoms with E-state index in [1.807, 2.05) is 0 Å². The van der Waals surface area contributed by atoms with Crippen LogP contribution in [0.5, 0.6) is 0 Å². The maximum Gasteiger partial charge on any atom is 0.222 e. The first-order valence-corrected chi connectivity index (χ1v) is 11.5. The summed E-state index contributed by atoms with van der Waals surface area (Å²) in [4.78, 5) is 20.1. The van der Waals surface area contributed by atoms with Crippen LogP contribution in [0.2, 0.25) is 0 Å². The molecule has 0 bridgehead atoms. The highest BCUT2D eigenvalue weighted by Gasteiger charge is 2.37. The van der Waals surface area contributed by atoms with Crippen LogP contribution in [0.25, 0.3) is 0 Å². The Morgan fingerprint density at radius 3 is 2.23 bits per heavy atom. The minimum Gasteiger partial charge on any atom is -0.338 e. The molecule has 1 amide bonds. The molecule has 2 aliphatic carbocycles. The Morgan fingerprint density at radius 2 is 1.42 bits per heavy atom. The largest absolute Gasteiger partial charge is 0.338 e. The fourth-order valence-electron chi connectivity index (χ4n) is 6.04. The molecule has 4 aliphatic rings. The third-order valence-electron chi connectivity index (χ3n) is 7.68. The van der Waals surface area contributed by atoms with E-state index in [1.54, 1.807) is 0 Å². The molecule has 2 atom stereocenters. The Balaban J connectivity index is 1.20. The van der Waals surface area contributed by atoms with Gasteiger partial charge < -0.3 is 9.80 Å². The SMILES string of the molecule is O=C1CCC2CCCCC2N1CCN1CCN(CC2CCCCC2)CC1. The molecule has 2 heterocycles. The van der Waals surface area contributed by atoms with Gasteiger partial charge in [-0.3, -0.25) is 9.69 Å². The highest BCUT2D eigenvalue weighted by atomic mass is 16.2. The molecule has 0 aromatic rings. The third-order valence-corrected chi connectivity index (χ3v) is 7.68. The Bertz CT molecular complexity index is 454. The molecule has 0 radical (unpaired) electrons. The topological polar surface area (TPSA) is 26.8 Å². The van der Waals surface area contributed by atoms with Gasteiger partial charge in [-0.05, 0) is 43.9 Å². The van der Waals surface area contributed by atoms with Gasteiger partial charge in [-0.2, -0.15) is 0 Å².